The second-order valence-electron chi connectivity index (χ2n) is 4.63. The van der Waals surface area contributed by atoms with Crippen LogP contribution in [0.1, 0.15) is 25.8 Å². The summed E-state index contributed by atoms with van der Waals surface area (Å²) in [7, 11) is 0. The maximum atomic E-state index is 8.64. The SMILES string of the molecule is CC(C)CCOCCOc1cccc(C#CCO)c1. The molecule has 3 nitrogen and oxygen atoms in total. The van der Waals surface area contributed by atoms with Crippen LogP contribution < -0.4 is 4.74 Å². The van der Waals surface area contributed by atoms with Crippen molar-refractivity contribution in [3.05, 3.63) is 29.8 Å². The van der Waals surface area contributed by atoms with Gasteiger partial charge in [-0.2, -0.15) is 0 Å². The number of hydrogen-bond donors (Lipinski definition) is 1. The number of benzene rings is 1. The second kappa shape index (κ2) is 9.43. The van der Waals surface area contributed by atoms with Crippen molar-refractivity contribution in [1.29, 1.82) is 0 Å². The molecule has 0 radical (unpaired) electrons. The maximum absolute atomic E-state index is 8.64. The summed E-state index contributed by atoms with van der Waals surface area (Å²) in [4.78, 5) is 0. The van der Waals surface area contributed by atoms with Gasteiger partial charge in [0.15, 0.2) is 0 Å². The Morgan fingerprint density at radius 3 is 2.79 bits per heavy atom. The molecule has 0 bridgehead atoms. The molecule has 0 heterocycles. The van der Waals surface area contributed by atoms with E-state index in [1.807, 2.05) is 24.3 Å². The molecule has 0 unspecified atom stereocenters. The topological polar surface area (TPSA) is 38.7 Å². The zero-order chi connectivity index (χ0) is 13.9. The number of aliphatic hydroxyl groups is 1. The van der Waals surface area contributed by atoms with E-state index < -0.39 is 0 Å². The van der Waals surface area contributed by atoms with Crippen molar-refractivity contribution in [3.63, 3.8) is 0 Å². The summed E-state index contributed by atoms with van der Waals surface area (Å²) in [5.74, 6) is 6.90. The monoisotopic (exact) mass is 262 g/mol. The van der Waals surface area contributed by atoms with Crippen molar-refractivity contribution in [2.45, 2.75) is 20.3 Å². The van der Waals surface area contributed by atoms with Gasteiger partial charge in [-0.05, 0) is 30.5 Å². The Morgan fingerprint density at radius 1 is 1.21 bits per heavy atom. The average molecular weight is 262 g/mol. The minimum absolute atomic E-state index is 0.130. The van der Waals surface area contributed by atoms with Crippen LogP contribution in [0.25, 0.3) is 0 Å². The Hall–Kier alpha value is -1.50. The first-order valence-electron chi connectivity index (χ1n) is 6.62. The van der Waals surface area contributed by atoms with E-state index in [0.717, 1.165) is 24.3 Å². The first-order chi connectivity index (χ1) is 9.22. The zero-order valence-electron chi connectivity index (χ0n) is 11.7. The molecule has 0 amide bonds. The van der Waals surface area contributed by atoms with Gasteiger partial charge >= 0.3 is 0 Å². The van der Waals surface area contributed by atoms with Crippen LogP contribution in [0.2, 0.25) is 0 Å². The number of rotatable bonds is 7. The lowest BCUT2D eigenvalue weighted by Crippen LogP contribution is -2.08. The Kier molecular flexibility index (Phi) is 7.72. The summed E-state index contributed by atoms with van der Waals surface area (Å²) in [5.41, 5.74) is 0.840. The zero-order valence-corrected chi connectivity index (χ0v) is 11.7. The molecule has 104 valence electrons. The van der Waals surface area contributed by atoms with Crippen LogP contribution in [0.4, 0.5) is 0 Å². The predicted octanol–water partition coefficient (Wildman–Crippen LogP) is 2.47. The van der Waals surface area contributed by atoms with E-state index in [1.165, 1.54) is 0 Å². The van der Waals surface area contributed by atoms with Crippen LogP contribution in [0.5, 0.6) is 5.75 Å². The fourth-order valence-electron chi connectivity index (χ4n) is 1.44. The van der Waals surface area contributed by atoms with Gasteiger partial charge in [-0.15, -0.1) is 0 Å². The van der Waals surface area contributed by atoms with E-state index in [9.17, 15) is 0 Å². The quantitative estimate of drug-likeness (QED) is 0.606. The van der Waals surface area contributed by atoms with Gasteiger partial charge in [0.05, 0.1) is 6.61 Å². The largest absolute Gasteiger partial charge is 0.491 e. The molecule has 1 N–H and O–H groups in total. The smallest absolute Gasteiger partial charge is 0.120 e. The summed E-state index contributed by atoms with van der Waals surface area (Å²) >= 11 is 0. The highest BCUT2D eigenvalue weighted by atomic mass is 16.5. The third-order valence-corrected chi connectivity index (χ3v) is 2.48. The standard InChI is InChI=1S/C16H22O3/c1-14(2)8-10-18-11-12-19-16-7-3-5-15(13-16)6-4-9-17/h3,5,7,13-14,17H,8-12H2,1-2H3. The summed E-state index contributed by atoms with van der Waals surface area (Å²) in [6, 6.07) is 7.51. The number of ether oxygens (including phenoxy) is 2. The lowest BCUT2D eigenvalue weighted by atomic mass is 10.1. The molecule has 1 rings (SSSR count). The molecule has 0 saturated carbocycles. The van der Waals surface area contributed by atoms with Gasteiger partial charge in [-0.3, -0.25) is 0 Å². The molecule has 0 atom stereocenters. The summed E-state index contributed by atoms with van der Waals surface area (Å²) in [6.07, 6.45) is 1.08. The van der Waals surface area contributed by atoms with Crippen LogP contribution in [0.15, 0.2) is 24.3 Å². The molecular weight excluding hydrogens is 240 g/mol. The van der Waals surface area contributed by atoms with Gasteiger partial charge in [-0.1, -0.05) is 31.8 Å². The number of hydrogen-bond acceptors (Lipinski definition) is 3. The Bertz CT molecular complexity index is 415. The molecule has 1 aromatic rings. The van der Waals surface area contributed by atoms with Crippen molar-refractivity contribution in [1.82, 2.24) is 0 Å². The van der Waals surface area contributed by atoms with Crippen LogP contribution >= 0.6 is 0 Å². The minimum Gasteiger partial charge on any atom is -0.491 e. The van der Waals surface area contributed by atoms with Crippen LogP contribution in [-0.4, -0.2) is 31.5 Å². The average Bonchev–Trinajstić information content (AvgIpc) is 2.40. The van der Waals surface area contributed by atoms with Crippen molar-refractivity contribution in [3.8, 4) is 17.6 Å². The highest BCUT2D eigenvalue weighted by molar-refractivity contribution is 5.39. The summed E-state index contributed by atoms with van der Waals surface area (Å²) < 4.78 is 11.1. The number of aliphatic hydroxyl groups excluding tert-OH is 1. The lowest BCUT2D eigenvalue weighted by Gasteiger charge is -2.08. The molecule has 0 fully saturated rings. The van der Waals surface area contributed by atoms with Crippen molar-refractivity contribution < 1.29 is 14.6 Å². The highest BCUT2D eigenvalue weighted by Gasteiger charge is 1.96. The van der Waals surface area contributed by atoms with E-state index in [2.05, 4.69) is 25.7 Å². The van der Waals surface area contributed by atoms with E-state index in [4.69, 9.17) is 14.6 Å². The van der Waals surface area contributed by atoms with Gasteiger partial charge in [0.1, 0.15) is 19.0 Å². The Morgan fingerprint density at radius 2 is 2.05 bits per heavy atom. The third-order valence-electron chi connectivity index (χ3n) is 2.48. The Labute approximate surface area is 115 Å². The lowest BCUT2D eigenvalue weighted by molar-refractivity contribution is 0.0926. The van der Waals surface area contributed by atoms with E-state index in [0.29, 0.717) is 19.1 Å². The molecule has 19 heavy (non-hydrogen) atoms. The molecule has 0 aliphatic rings. The second-order valence-corrected chi connectivity index (χ2v) is 4.63. The van der Waals surface area contributed by atoms with Crippen molar-refractivity contribution in [2.24, 2.45) is 5.92 Å². The van der Waals surface area contributed by atoms with Gasteiger partial charge in [-0.25, -0.2) is 0 Å². The van der Waals surface area contributed by atoms with Crippen LogP contribution in [0, 0.1) is 17.8 Å². The summed E-state index contributed by atoms with van der Waals surface area (Å²) in [5, 5.41) is 8.64. The van der Waals surface area contributed by atoms with Crippen molar-refractivity contribution >= 4 is 0 Å². The van der Waals surface area contributed by atoms with Gasteiger partial charge in [0.2, 0.25) is 0 Å². The molecule has 0 aliphatic heterocycles. The first kappa shape index (κ1) is 15.6. The van der Waals surface area contributed by atoms with Crippen molar-refractivity contribution in [2.75, 3.05) is 26.4 Å². The fourth-order valence-corrected chi connectivity index (χ4v) is 1.44. The van der Waals surface area contributed by atoms with E-state index in [-0.39, 0.29) is 6.61 Å². The maximum Gasteiger partial charge on any atom is 0.120 e. The van der Waals surface area contributed by atoms with Crippen LogP contribution in [-0.2, 0) is 4.74 Å². The first-order valence-corrected chi connectivity index (χ1v) is 6.62. The molecule has 0 spiro atoms. The third kappa shape index (κ3) is 7.50. The fraction of sp³-hybridized carbons (Fsp3) is 0.500. The van der Waals surface area contributed by atoms with Gasteiger partial charge in [0, 0.05) is 12.2 Å². The van der Waals surface area contributed by atoms with E-state index >= 15 is 0 Å². The van der Waals surface area contributed by atoms with E-state index in [1.54, 1.807) is 0 Å². The summed E-state index contributed by atoms with van der Waals surface area (Å²) in [6.45, 7) is 6.14. The van der Waals surface area contributed by atoms with Gasteiger partial charge in [0.25, 0.3) is 0 Å². The highest BCUT2D eigenvalue weighted by Crippen LogP contribution is 2.12. The van der Waals surface area contributed by atoms with Crippen LogP contribution in [0.3, 0.4) is 0 Å². The minimum atomic E-state index is -0.130. The molecule has 0 aliphatic carbocycles. The molecule has 3 heteroatoms. The Balaban J connectivity index is 2.25. The van der Waals surface area contributed by atoms with Gasteiger partial charge < -0.3 is 14.6 Å². The normalized spacial score (nSPS) is 10.1. The molecule has 0 saturated heterocycles. The predicted molar refractivity (Wildman–Crippen MR) is 76.2 cm³/mol. The molecular formula is C16H22O3. The molecule has 1 aromatic carbocycles. The molecule has 0 aromatic heterocycles.